The van der Waals surface area contributed by atoms with Gasteiger partial charge in [0, 0.05) is 31.0 Å². The first-order valence-electron chi connectivity index (χ1n) is 10.4. The van der Waals surface area contributed by atoms with Crippen molar-refractivity contribution in [2.45, 2.75) is 45.4 Å². The summed E-state index contributed by atoms with van der Waals surface area (Å²) in [5, 5.41) is 5.94. The van der Waals surface area contributed by atoms with Crippen LogP contribution in [-0.2, 0) is 16.0 Å². The largest absolute Gasteiger partial charge is 0.494 e. The molecule has 2 N–H and O–H groups in total. The SMILES string of the molecule is CC(C)C(CNC(=O)CCCOc1ccc2c(c1)CCC(=O)N2)c1ccccc1. The van der Waals surface area contributed by atoms with Crippen LogP contribution in [0.15, 0.2) is 48.5 Å². The van der Waals surface area contributed by atoms with Gasteiger partial charge in [0.1, 0.15) is 5.75 Å². The molecule has 0 saturated carbocycles. The minimum atomic E-state index is 0.0586. The number of benzene rings is 2. The summed E-state index contributed by atoms with van der Waals surface area (Å²) in [5.41, 5.74) is 3.22. The number of fused-ring (bicyclic) bond motifs is 1. The van der Waals surface area contributed by atoms with Crippen molar-refractivity contribution in [1.82, 2.24) is 5.32 Å². The van der Waals surface area contributed by atoms with Crippen LogP contribution < -0.4 is 15.4 Å². The van der Waals surface area contributed by atoms with Gasteiger partial charge in [-0.15, -0.1) is 0 Å². The Bertz CT molecular complexity index is 833. The van der Waals surface area contributed by atoms with Gasteiger partial charge < -0.3 is 15.4 Å². The van der Waals surface area contributed by atoms with Gasteiger partial charge in [0.05, 0.1) is 6.61 Å². The maximum atomic E-state index is 12.2. The number of nitrogens with one attached hydrogen (secondary N) is 2. The first-order valence-corrected chi connectivity index (χ1v) is 10.4. The van der Waals surface area contributed by atoms with E-state index in [1.165, 1.54) is 5.56 Å². The van der Waals surface area contributed by atoms with E-state index < -0.39 is 0 Å². The average Bonchev–Trinajstić information content (AvgIpc) is 2.72. The summed E-state index contributed by atoms with van der Waals surface area (Å²) < 4.78 is 5.79. The molecular weight excluding hydrogens is 364 g/mol. The maximum absolute atomic E-state index is 12.2. The molecule has 1 heterocycles. The number of hydrogen-bond donors (Lipinski definition) is 2. The second-order valence-electron chi connectivity index (χ2n) is 7.88. The quantitative estimate of drug-likeness (QED) is 0.624. The van der Waals surface area contributed by atoms with Gasteiger partial charge in [-0.05, 0) is 48.1 Å². The van der Waals surface area contributed by atoms with Crippen LogP contribution in [0, 0.1) is 5.92 Å². The fourth-order valence-corrected chi connectivity index (χ4v) is 3.62. The highest BCUT2D eigenvalue weighted by Crippen LogP contribution is 2.27. The van der Waals surface area contributed by atoms with E-state index >= 15 is 0 Å². The molecule has 0 aliphatic carbocycles. The lowest BCUT2D eigenvalue weighted by Gasteiger charge is -2.22. The Morgan fingerprint density at radius 2 is 1.93 bits per heavy atom. The summed E-state index contributed by atoms with van der Waals surface area (Å²) in [7, 11) is 0. The number of ether oxygens (including phenoxy) is 1. The van der Waals surface area contributed by atoms with E-state index in [1.54, 1.807) is 0 Å². The molecule has 5 heteroatoms. The highest BCUT2D eigenvalue weighted by Gasteiger charge is 2.17. The first kappa shape index (κ1) is 20.9. The fraction of sp³-hybridized carbons (Fsp3) is 0.417. The molecule has 29 heavy (non-hydrogen) atoms. The summed E-state index contributed by atoms with van der Waals surface area (Å²) >= 11 is 0. The van der Waals surface area contributed by atoms with Crippen LogP contribution in [0.1, 0.15) is 50.2 Å². The van der Waals surface area contributed by atoms with Gasteiger partial charge in [0.2, 0.25) is 11.8 Å². The van der Waals surface area contributed by atoms with Crippen LogP contribution in [0.5, 0.6) is 5.75 Å². The topological polar surface area (TPSA) is 67.4 Å². The van der Waals surface area contributed by atoms with Gasteiger partial charge in [0.25, 0.3) is 0 Å². The Hall–Kier alpha value is -2.82. The lowest BCUT2D eigenvalue weighted by molar-refractivity contribution is -0.121. The van der Waals surface area contributed by atoms with Crippen molar-refractivity contribution in [3.05, 3.63) is 59.7 Å². The van der Waals surface area contributed by atoms with E-state index in [0.717, 1.165) is 23.4 Å². The van der Waals surface area contributed by atoms with E-state index in [1.807, 2.05) is 36.4 Å². The monoisotopic (exact) mass is 394 g/mol. The molecule has 0 bridgehead atoms. The van der Waals surface area contributed by atoms with E-state index in [2.05, 4.69) is 36.6 Å². The van der Waals surface area contributed by atoms with Crippen molar-refractivity contribution in [1.29, 1.82) is 0 Å². The van der Waals surface area contributed by atoms with E-state index in [4.69, 9.17) is 4.74 Å². The lowest BCUT2D eigenvalue weighted by atomic mass is 9.88. The smallest absolute Gasteiger partial charge is 0.224 e. The lowest BCUT2D eigenvalue weighted by Crippen LogP contribution is -2.30. The van der Waals surface area contributed by atoms with Gasteiger partial charge in [0.15, 0.2) is 0 Å². The number of hydrogen-bond acceptors (Lipinski definition) is 3. The minimum absolute atomic E-state index is 0.0586. The number of carbonyl (C=O) groups is 2. The number of aryl methyl sites for hydroxylation is 1. The molecule has 0 aromatic heterocycles. The molecule has 2 aromatic carbocycles. The zero-order chi connectivity index (χ0) is 20.6. The van der Waals surface area contributed by atoms with Crippen molar-refractivity contribution >= 4 is 17.5 Å². The third-order valence-corrected chi connectivity index (χ3v) is 5.34. The molecule has 2 amide bonds. The van der Waals surface area contributed by atoms with E-state index in [9.17, 15) is 9.59 Å². The second-order valence-corrected chi connectivity index (χ2v) is 7.88. The maximum Gasteiger partial charge on any atom is 0.224 e. The van der Waals surface area contributed by atoms with Crippen molar-refractivity contribution in [2.75, 3.05) is 18.5 Å². The van der Waals surface area contributed by atoms with Crippen LogP contribution >= 0.6 is 0 Å². The predicted molar refractivity (Wildman–Crippen MR) is 115 cm³/mol. The highest BCUT2D eigenvalue weighted by molar-refractivity contribution is 5.94. The number of rotatable bonds is 9. The van der Waals surface area contributed by atoms with E-state index in [0.29, 0.717) is 44.2 Å². The second kappa shape index (κ2) is 10.1. The van der Waals surface area contributed by atoms with Crippen molar-refractivity contribution in [2.24, 2.45) is 5.92 Å². The Labute approximate surface area is 172 Å². The molecule has 2 aromatic rings. The number of carbonyl (C=O) groups excluding carboxylic acids is 2. The summed E-state index contributed by atoms with van der Waals surface area (Å²) in [6.45, 7) is 5.51. The van der Waals surface area contributed by atoms with Crippen LogP contribution in [0.2, 0.25) is 0 Å². The minimum Gasteiger partial charge on any atom is -0.494 e. The molecule has 1 atom stereocenters. The molecule has 0 spiro atoms. The van der Waals surface area contributed by atoms with Gasteiger partial charge in [-0.2, -0.15) is 0 Å². The average molecular weight is 395 g/mol. The zero-order valence-corrected chi connectivity index (χ0v) is 17.2. The van der Waals surface area contributed by atoms with Crippen LogP contribution in [0.4, 0.5) is 5.69 Å². The Morgan fingerprint density at radius 1 is 1.14 bits per heavy atom. The molecule has 0 fully saturated rings. The molecular formula is C24H30N2O3. The molecule has 1 unspecified atom stereocenters. The summed E-state index contributed by atoms with van der Waals surface area (Å²) in [6, 6.07) is 16.0. The first-order chi connectivity index (χ1) is 14.0. The normalized spacial score (nSPS) is 14.1. The summed E-state index contributed by atoms with van der Waals surface area (Å²) in [4.78, 5) is 23.6. The van der Waals surface area contributed by atoms with Crippen LogP contribution in [-0.4, -0.2) is 25.0 Å². The number of amides is 2. The standard InChI is InChI=1S/C24H30N2O3/c1-17(2)21(18-7-4-3-5-8-18)16-25-23(27)9-6-14-29-20-11-12-22-19(15-20)10-13-24(28)26-22/h3-5,7-8,11-12,15,17,21H,6,9-10,13-14,16H2,1-2H3,(H,25,27)(H,26,28). The van der Waals surface area contributed by atoms with Crippen molar-refractivity contribution in [3.8, 4) is 5.75 Å². The molecule has 154 valence electrons. The molecule has 3 rings (SSSR count). The Morgan fingerprint density at radius 3 is 2.69 bits per heavy atom. The van der Waals surface area contributed by atoms with Gasteiger partial charge in [-0.3, -0.25) is 9.59 Å². The Kier molecular flexibility index (Phi) is 7.28. The van der Waals surface area contributed by atoms with E-state index in [-0.39, 0.29) is 11.8 Å². The van der Waals surface area contributed by atoms with Crippen molar-refractivity contribution < 1.29 is 14.3 Å². The summed E-state index contributed by atoms with van der Waals surface area (Å²) in [5.74, 6) is 1.67. The van der Waals surface area contributed by atoms with Gasteiger partial charge in [-0.25, -0.2) is 0 Å². The molecule has 0 radical (unpaired) electrons. The molecule has 1 aliphatic heterocycles. The molecule has 1 aliphatic rings. The van der Waals surface area contributed by atoms with Gasteiger partial charge in [-0.1, -0.05) is 44.2 Å². The van der Waals surface area contributed by atoms with Crippen LogP contribution in [0.25, 0.3) is 0 Å². The van der Waals surface area contributed by atoms with Crippen molar-refractivity contribution in [3.63, 3.8) is 0 Å². The highest BCUT2D eigenvalue weighted by atomic mass is 16.5. The zero-order valence-electron chi connectivity index (χ0n) is 17.2. The fourth-order valence-electron chi connectivity index (χ4n) is 3.62. The number of anilines is 1. The molecule has 5 nitrogen and oxygen atoms in total. The summed E-state index contributed by atoms with van der Waals surface area (Å²) in [6.07, 6.45) is 2.36. The third-order valence-electron chi connectivity index (χ3n) is 5.34. The van der Waals surface area contributed by atoms with Gasteiger partial charge >= 0.3 is 0 Å². The Balaban J connectivity index is 1.39. The van der Waals surface area contributed by atoms with Crippen LogP contribution in [0.3, 0.4) is 0 Å². The predicted octanol–water partition coefficient (Wildman–Crippen LogP) is 4.29. The third kappa shape index (κ3) is 6.08. The molecule has 0 saturated heterocycles.